The third-order valence-corrected chi connectivity index (χ3v) is 3.42. The van der Waals surface area contributed by atoms with Gasteiger partial charge in [-0.2, -0.15) is 0 Å². The van der Waals surface area contributed by atoms with Gasteiger partial charge in [-0.25, -0.2) is 4.39 Å². The lowest BCUT2D eigenvalue weighted by Gasteiger charge is -2.18. The largest absolute Gasteiger partial charge is 0.496 e. The monoisotopic (exact) mass is 317 g/mol. The topological polar surface area (TPSA) is 47.6 Å². The fourth-order valence-corrected chi connectivity index (χ4v) is 2.26. The molecule has 2 rings (SSSR count). The minimum absolute atomic E-state index is 0.0587. The standard InChI is InChI=1S/C18H20FNO3/c1-12-8-9-16(22-3)14(10-12)13(2)20-18(21)11-23-17-7-5-4-6-15(17)19/h4-10,13H,11H2,1-3H3,(H,20,21)/t13-/m1/s1. The van der Waals surface area contributed by atoms with E-state index in [1.165, 1.54) is 12.1 Å². The number of amides is 1. The first-order chi connectivity index (χ1) is 11.0. The van der Waals surface area contributed by atoms with Crippen LogP contribution in [0, 0.1) is 12.7 Å². The number of hydrogen-bond acceptors (Lipinski definition) is 3. The molecule has 5 heteroatoms. The molecule has 0 aliphatic rings. The first-order valence-electron chi connectivity index (χ1n) is 7.32. The van der Waals surface area contributed by atoms with Gasteiger partial charge in [-0.1, -0.05) is 29.8 Å². The van der Waals surface area contributed by atoms with Crippen molar-refractivity contribution in [1.82, 2.24) is 5.32 Å². The van der Waals surface area contributed by atoms with E-state index in [2.05, 4.69) is 5.32 Å². The zero-order chi connectivity index (χ0) is 16.8. The van der Waals surface area contributed by atoms with Crippen LogP contribution in [0.25, 0.3) is 0 Å². The van der Waals surface area contributed by atoms with E-state index in [1.54, 1.807) is 19.2 Å². The van der Waals surface area contributed by atoms with E-state index in [0.717, 1.165) is 11.1 Å². The highest BCUT2D eigenvalue weighted by Crippen LogP contribution is 2.26. The average molecular weight is 317 g/mol. The maximum Gasteiger partial charge on any atom is 0.258 e. The van der Waals surface area contributed by atoms with Crippen LogP contribution in [0.5, 0.6) is 11.5 Å². The first-order valence-corrected chi connectivity index (χ1v) is 7.32. The molecule has 0 spiro atoms. The minimum atomic E-state index is -0.492. The van der Waals surface area contributed by atoms with Gasteiger partial charge in [-0.3, -0.25) is 4.79 Å². The van der Waals surface area contributed by atoms with Crippen LogP contribution in [0.3, 0.4) is 0 Å². The Morgan fingerprint density at radius 2 is 1.96 bits per heavy atom. The number of hydrogen-bond donors (Lipinski definition) is 1. The summed E-state index contributed by atoms with van der Waals surface area (Å²) in [6.45, 7) is 3.58. The molecule has 0 heterocycles. The van der Waals surface area contributed by atoms with Crippen LogP contribution in [0.4, 0.5) is 4.39 Å². The molecule has 2 aromatic rings. The minimum Gasteiger partial charge on any atom is -0.496 e. The molecule has 122 valence electrons. The predicted octanol–water partition coefficient (Wildman–Crippen LogP) is 3.40. The second-order valence-corrected chi connectivity index (χ2v) is 5.25. The predicted molar refractivity (Wildman–Crippen MR) is 86.2 cm³/mol. The molecule has 4 nitrogen and oxygen atoms in total. The molecular weight excluding hydrogens is 297 g/mol. The molecule has 23 heavy (non-hydrogen) atoms. The summed E-state index contributed by atoms with van der Waals surface area (Å²) in [6.07, 6.45) is 0. The smallest absolute Gasteiger partial charge is 0.258 e. The van der Waals surface area contributed by atoms with Crippen LogP contribution < -0.4 is 14.8 Å². The molecule has 0 bridgehead atoms. The molecule has 1 atom stereocenters. The Labute approximate surface area is 135 Å². The lowest BCUT2D eigenvalue weighted by Crippen LogP contribution is -2.31. The van der Waals surface area contributed by atoms with Gasteiger partial charge in [0.2, 0.25) is 0 Å². The normalized spacial score (nSPS) is 11.7. The molecule has 0 aliphatic carbocycles. The molecule has 1 N–H and O–H groups in total. The Morgan fingerprint density at radius 1 is 1.22 bits per heavy atom. The number of rotatable bonds is 6. The highest BCUT2D eigenvalue weighted by atomic mass is 19.1. The highest BCUT2D eigenvalue weighted by Gasteiger charge is 2.15. The molecule has 0 radical (unpaired) electrons. The number of benzene rings is 2. The van der Waals surface area contributed by atoms with Gasteiger partial charge in [0.25, 0.3) is 5.91 Å². The second-order valence-electron chi connectivity index (χ2n) is 5.25. The van der Waals surface area contributed by atoms with Crippen LogP contribution in [0.2, 0.25) is 0 Å². The Bertz CT molecular complexity index is 688. The van der Waals surface area contributed by atoms with Crippen molar-refractivity contribution in [3.8, 4) is 11.5 Å². The average Bonchev–Trinajstić information content (AvgIpc) is 2.54. The van der Waals surface area contributed by atoms with Crippen LogP contribution in [0.15, 0.2) is 42.5 Å². The molecular formula is C18H20FNO3. The van der Waals surface area contributed by atoms with Gasteiger partial charge < -0.3 is 14.8 Å². The maximum absolute atomic E-state index is 13.4. The van der Waals surface area contributed by atoms with Crippen LogP contribution in [-0.4, -0.2) is 19.6 Å². The fraction of sp³-hybridized carbons (Fsp3) is 0.278. The molecule has 0 unspecified atom stereocenters. The fourth-order valence-electron chi connectivity index (χ4n) is 2.26. The third-order valence-electron chi connectivity index (χ3n) is 3.42. The van der Waals surface area contributed by atoms with Gasteiger partial charge in [-0.15, -0.1) is 0 Å². The summed E-state index contributed by atoms with van der Waals surface area (Å²) in [5, 5.41) is 2.82. The SMILES string of the molecule is COc1ccc(C)cc1[C@@H](C)NC(=O)COc1ccccc1F. The quantitative estimate of drug-likeness (QED) is 0.888. The van der Waals surface area contributed by atoms with Gasteiger partial charge in [0.1, 0.15) is 5.75 Å². The van der Waals surface area contributed by atoms with Gasteiger partial charge in [0.15, 0.2) is 18.2 Å². The van der Waals surface area contributed by atoms with E-state index in [1.807, 2.05) is 32.0 Å². The van der Waals surface area contributed by atoms with Crippen LogP contribution >= 0.6 is 0 Å². The summed E-state index contributed by atoms with van der Waals surface area (Å²) in [4.78, 5) is 12.0. The number of methoxy groups -OCH3 is 1. The summed E-state index contributed by atoms with van der Waals surface area (Å²) in [7, 11) is 1.59. The lowest BCUT2D eigenvalue weighted by atomic mass is 10.0. The molecule has 0 fully saturated rings. The summed E-state index contributed by atoms with van der Waals surface area (Å²) in [5.41, 5.74) is 1.95. The number of carbonyl (C=O) groups excluding carboxylic acids is 1. The Kier molecular flexibility index (Phi) is 5.57. The summed E-state index contributed by atoms with van der Waals surface area (Å²) < 4.78 is 24.0. The molecule has 0 saturated heterocycles. The number of halogens is 1. The van der Waals surface area contributed by atoms with Crippen molar-refractivity contribution < 1.29 is 18.7 Å². The molecule has 0 aliphatic heterocycles. The Balaban J connectivity index is 1.97. The van der Waals surface area contributed by atoms with Gasteiger partial charge in [0.05, 0.1) is 13.2 Å². The zero-order valence-corrected chi connectivity index (χ0v) is 13.4. The number of nitrogens with one attached hydrogen (secondary N) is 1. The Hall–Kier alpha value is -2.56. The third kappa shape index (κ3) is 4.45. The van der Waals surface area contributed by atoms with Crippen molar-refractivity contribution in [2.45, 2.75) is 19.9 Å². The van der Waals surface area contributed by atoms with Crippen molar-refractivity contribution in [2.24, 2.45) is 0 Å². The van der Waals surface area contributed by atoms with E-state index in [0.29, 0.717) is 5.75 Å². The summed E-state index contributed by atoms with van der Waals surface area (Å²) in [6, 6.07) is 11.5. The van der Waals surface area contributed by atoms with Crippen molar-refractivity contribution in [1.29, 1.82) is 0 Å². The second kappa shape index (κ2) is 7.63. The van der Waals surface area contributed by atoms with Crippen molar-refractivity contribution >= 4 is 5.91 Å². The van der Waals surface area contributed by atoms with E-state index in [-0.39, 0.29) is 24.3 Å². The molecule has 0 saturated carbocycles. The van der Waals surface area contributed by atoms with Crippen LogP contribution in [-0.2, 0) is 4.79 Å². The number of aryl methyl sites for hydroxylation is 1. The highest BCUT2D eigenvalue weighted by molar-refractivity contribution is 5.78. The molecule has 1 amide bonds. The molecule has 2 aromatic carbocycles. The Morgan fingerprint density at radius 3 is 2.65 bits per heavy atom. The van der Waals surface area contributed by atoms with Crippen molar-refractivity contribution in [3.05, 3.63) is 59.4 Å². The lowest BCUT2D eigenvalue weighted by molar-refractivity contribution is -0.123. The van der Waals surface area contributed by atoms with E-state index in [4.69, 9.17) is 9.47 Å². The number of para-hydroxylation sites is 1. The van der Waals surface area contributed by atoms with E-state index < -0.39 is 5.82 Å². The zero-order valence-electron chi connectivity index (χ0n) is 13.4. The molecule has 0 aromatic heterocycles. The van der Waals surface area contributed by atoms with E-state index in [9.17, 15) is 9.18 Å². The van der Waals surface area contributed by atoms with Gasteiger partial charge >= 0.3 is 0 Å². The number of ether oxygens (including phenoxy) is 2. The van der Waals surface area contributed by atoms with Gasteiger partial charge in [-0.05, 0) is 32.0 Å². The summed E-state index contributed by atoms with van der Waals surface area (Å²) in [5.74, 6) is -0.0557. The van der Waals surface area contributed by atoms with E-state index >= 15 is 0 Å². The maximum atomic E-state index is 13.4. The van der Waals surface area contributed by atoms with Crippen LogP contribution in [0.1, 0.15) is 24.1 Å². The van der Waals surface area contributed by atoms with Crippen molar-refractivity contribution in [3.63, 3.8) is 0 Å². The van der Waals surface area contributed by atoms with Gasteiger partial charge in [0, 0.05) is 5.56 Å². The summed E-state index contributed by atoms with van der Waals surface area (Å²) >= 11 is 0. The first kappa shape index (κ1) is 16.8. The number of carbonyl (C=O) groups is 1. The van der Waals surface area contributed by atoms with Crippen molar-refractivity contribution in [2.75, 3.05) is 13.7 Å².